The van der Waals surface area contributed by atoms with Crippen LogP contribution in [0.25, 0.3) is 11.1 Å². The van der Waals surface area contributed by atoms with E-state index in [1.165, 1.54) is 32.1 Å². The van der Waals surface area contributed by atoms with Gasteiger partial charge in [-0.3, -0.25) is 4.79 Å². The van der Waals surface area contributed by atoms with Gasteiger partial charge in [0, 0.05) is 16.3 Å². The van der Waals surface area contributed by atoms with Crippen LogP contribution < -0.4 is 5.32 Å². The first kappa shape index (κ1) is 12.7. The van der Waals surface area contributed by atoms with E-state index in [0.717, 1.165) is 13.0 Å². The van der Waals surface area contributed by atoms with Gasteiger partial charge in [0.15, 0.2) is 0 Å². The molecule has 1 amide bonds. The fourth-order valence-corrected chi connectivity index (χ4v) is 4.22. The van der Waals surface area contributed by atoms with Gasteiger partial charge in [0.1, 0.15) is 0 Å². The number of nitrogens with one attached hydrogen (secondary N) is 1. The van der Waals surface area contributed by atoms with Gasteiger partial charge >= 0.3 is 0 Å². The summed E-state index contributed by atoms with van der Waals surface area (Å²) < 4.78 is 0. The number of carbonyl (C=O) groups is 1. The Hall–Kier alpha value is -2.00. The van der Waals surface area contributed by atoms with Crippen LogP contribution in [0.1, 0.15) is 24.0 Å². The molecule has 0 spiro atoms. The quantitative estimate of drug-likeness (QED) is 0.796. The Bertz CT molecular complexity index is 763. The Morgan fingerprint density at radius 2 is 1.48 bits per heavy atom. The molecule has 0 bridgehead atoms. The summed E-state index contributed by atoms with van der Waals surface area (Å²) in [5.74, 6) is 0.124. The minimum absolute atomic E-state index is 0.124. The Kier molecular flexibility index (Phi) is 3.08. The van der Waals surface area contributed by atoms with Crippen LogP contribution in [0.5, 0.6) is 0 Å². The van der Waals surface area contributed by atoms with Crippen molar-refractivity contribution in [3.63, 3.8) is 0 Å². The summed E-state index contributed by atoms with van der Waals surface area (Å²) in [6.45, 7) is 0.721. The van der Waals surface area contributed by atoms with Gasteiger partial charge in [-0.25, -0.2) is 0 Å². The van der Waals surface area contributed by atoms with E-state index >= 15 is 0 Å². The fraction of sp³-hybridized carbons (Fsp3) is 0.167. The second-order valence-electron chi connectivity index (χ2n) is 5.33. The smallest absolute Gasteiger partial charge is 0.224 e. The van der Waals surface area contributed by atoms with Crippen LogP contribution in [0.2, 0.25) is 0 Å². The van der Waals surface area contributed by atoms with E-state index in [2.05, 4.69) is 53.8 Å². The lowest BCUT2D eigenvalue weighted by atomic mass is 9.91. The molecular weight excluding hydrogens is 278 g/mol. The molecule has 2 heterocycles. The molecule has 0 atom stereocenters. The number of benzene rings is 2. The van der Waals surface area contributed by atoms with Gasteiger partial charge in [0.05, 0.1) is 6.42 Å². The predicted octanol–water partition coefficient (Wildman–Crippen LogP) is 3.97. The second kappa shape index (κ2) is 5.08. The lowest BCUT2D eigenvalue weighted by molar-refractivity contribution is -0.119. The number of amides is 1. The SMILES string of the molecule is O=C1CC2=C(CCN1)c1ccccc1Sc1ccccc12. The standard InChI is InChI=1S/C18H15NOS/c20-18-11-15-12(9-10-19-18)13-5-1-3-7-16(13)21-17-8-4-2-6-14(15)17/h1-8H,9-11H2,(H,19,20). The van der Waals surface area contributed by atoms with Gasteiger partial charge in [0.2, 0.25) is 5.91 Å². The number of carbonyl (C=O) groups excluding carboxylic acids is 1. The first-order valence-corrected chi connectivity index (χ1v) is 8.00. The minimum Gasteiger partial charge on any atom is -0.355 e. The van der Waals surface area contributed by atoms with Gasteiger partial charge in [0.25, 0.3) is 0 Å². The lowest BCUT2D eigenvalue weighted by Gasteiger charge is -2.11. The van der Waals surface area contributed by atoms with E-state index in [9.17, 15) is 4.79 Å². The molecule has 0 radical (unpaired) electrons. The van der Waals surface area contributed by atoms with Gasteiger partial charge in [-0.05, 0) is 40.8 Å². The first-order valence-electron chi connectivity index (χ1n) is 7.18. The zero-order valence-corrected chi connectivity index (χ0v) is 12.4. The van der Waals surface area contributed by atoms with E-state index in [4.69, 9.17) is 0 Å². The number of fused-ring (bicyclic) bond motifs is 4. The van der Waals surface area contributed by atoms with Crippen molar-refractivity contribution < 1.29 is 4.79 Å². The number of hydrogen-bond donors (Lipinski definition) is 1. The normalized spacial score (nSPS) is 17.0. The molecule has 2 aromatic rings. The fourth-order valence-electron chi connectivity index (χ4n) is 3.09. The summed E-state index contributed by atoms with van der Waals surface area (Å²) in [7, 11) is 0. The van der Waals surface area contributed by atoms with Crippen molar-refractivity contribution in [2.75, 3.05) is 6.54 Å². The van der Waals surface area contributed by atoms with Crippen LogP contribution in [0.3, 0.4) is 0 Å². The predicted molar refractivity (Wildman–Crippen MR) is 86.1 cm³/mol. The zero-order valence-electron chi connectivity index (χ0n) is 11.6. The van der Waals surface area contributed by atoms with Crippen molar-refractivity contribution in [2.24, 2.45) is 0 Å². The third-order valence-corrected chi connectivity index (χ3v) is 5.19. The van der Waals surface area contributed by atoms with Crippen LogP contribution >= 0.6 is 11.8 Å². The topological polar surface area (TPSA) is 29.1 Å². The Balaban J connectivity index is 2.02. The molecule has 104 valence electrons. The average molecular weight is 293 g/mol. The average Bonchev–Trinajstić information content (AvgIpc) is 2.76. The van der Waals surface area contributed by atoms with Crippen molar-refractivity contribution in [1.82, 2.24) is 5.32 Å². The van der Waals surface area contributed by atoms with E-state index in [1.54, 1.807) is 11.8 Å². The summed E-state index contributed by atoms with van der Waals surface area (Å²) in [4.78, 5) is 14.5. The summed E-state index contributed by atoms with van der Waals surface area (Å²) >= 11 is 1.80. The monoisotopic (exact) mass is 293 g/mol. The maximum Gasteiger partial charge on any atom is 0.224 e. The minimum atomic E-state index is 0.124. The molecule has 0 saturated carbocycles. The summed E-state index contributed by atoms with van der Waals surface area (Å²) in [5.41, 5.74) is 5.01. The van der Waals surface area contributed by atoms with E-state index in [-0.39, 0.29) is 5.91 Å². The Labute approximate surface area is 128 Å². The first-order chi connectivity index (χ1) is 10.3. The van der Waals surface area contributed by atoms with Crippen LogP contribution in [0.4, 0.5) is 0 Å². The van der Waals surface area contributed by atoms with Gasteiger partial charge in [-0.15, -0.1) is 0 Å². The highest BCUT2D eigenvalue weighted by molar-refractivity contribution is 7.99. The molecule has 2 aliphatic heterocycles. The van der Waals surface area contributed by atoms with Crippen LogP contribution in [-0.4, -0.2) is 12.5 Å². The molecule has 21 heavy (non-hydrogen) atoms. The van der Waals surface area contributed by atoms with Crippen molar-refractivity contribution in [2.45, 2.75) is 22.6 Å². The van der Waals surface area contributed by atoms with E-state index < -0.39 is 0 Å². The molecule has 4 rings (SSSR count). The van der Waals surface area contributed by atoms with Crippen LogP contribution in [-0.2, 0) is 4.79 Å². The number of rotatable bonds is 0. The molecule has 0 saturated heterocycles. The van der Waals surface area contributed by atoms with Gasteiger partial charge < -0.3 is 5.32 Å². The zero-order chi connectivity index (χ0) is 14.2. The highest BCUT2D eigenvalue weighted by atomic mass is 32.2. The third kappa shape index (κ3) is 2.18. The van der Waals surface area contributed by atoms with Gasteiger partial charge in [-0.2, -0.15) is 0 Å². The van der Waals surface area contributed by atoms with Crippen molar-refractivity contribution in [3.8, 4) is 0 Å². The maximum atomic E-state index is 12.0. The molecule has 2 aromatic carbocycles. The number of hydrogen-bond acceptors (Lipinski definition) is 2. The third-order valence-electron chi connectivity index (χ3n) is 4.04. The molecular formula is C18H15NOS. The molecule has 0 aromatic heterocycles. The maximum absolute atomic E-state index is 12.0. The van der Waals surface area contributed by atoms with Crippen LogP contribution in [0, 0.1) is 0 Å². The van der Waals surface area contributed by atoms with Crippen molar-refractivity contribution in [1.29, 1.82) is 0 Å². The van der Waals surface area contributed by atoms with Crippen LogP contribution in [0.15, 0.2) is 58.3 Å². The van der Waals surface area contributed by atoms with Crippen molar-refractivity contribution in [3.05, 3.63) is 59.7 Å². The molecule has 0 fully saturated rings. The second-order valence-corrected chi connectivity index (χ2v) is 6.41. The van der Waals surface area contributed by atoms with E-state index in [1.807, 2.05) is 0 Å². The highest BCUT2D eigenvalue weighted by Gasteiger charge is 2.25. The van der Waals surface area contributed by atoms with E-state index in [0.29, 0.717) is 6.42 Å². The molecule has 2 nitrogen and oxygen atoms in total. The molecule has 2 aliphatic rings. The molecule has 0 aliphatic carbocycles. The molecule has 3 heteroatoms. The largest absolute Gasteiger partial charge is 0.355 e. The Morgan fingerprint density at radius 1 is 0.857 bits per heavy atom. The summed E-state index contributed by atoms with van der Waals surface area (Å²) in [6, 6.07) is 16.9. The van der Waals surface area contributed by atoms with Gasteiger partial charge in [-0.1, -0.05) is 48.2 Å². The Morgan fingerprint density at radius 3 is 2.19 bits per heavy atom. The lowest BCUT2D eigenvalue weighted by Crippen LogP contribution is -2.22. The summed E-state index contributed by atoms with van der Waals surface area (Å²) in [5, 5.41) is 3.00. The molecule has 1 N–H and O–H groups in total. The highest BCUT2D eigenvalue weighted by Crippen LogP contribution is 2.46. The van der Waals surface area contributed by atoms with Crippen molar-refractivity contribution >= 4 is 28.8 Å². The summed E-state index contributed by atoms with van der Waals surface area (Å²) in [6.07, 6.45) is 1.37. The molecule has 0 unspecified atom stereocenters.